The highest BCUT2D eigenvalue weighted by atomic mass is 35.5. The third kappa shape index (κ3) is 4.58. The Labute approximate surface area is 201 Å². The van der Waals surface area contributed by atoms with Crippen LogP contribution in [-0.4, -0.2) is 11.9 Å². The zero-order valence-electron chi connectivity index (χ0n) is 17.9. The van der Waals surface area contributed by atoms with Gasteiger partial charge >= 0.3 is 6.03 Å². The molecule has 1 aliphatic heterocycles. The molecule has 1 aliphatic rings. The molecule has 0 aromatic heterocycles. The molecule has 4 aromatic carbocycles. The van der Waals surface area contributed by atoms with E-state index in [9.17, 15) is 9.59 Å². The van der Waals surface area contributed by atoms with Crippen molar-refractivity contribution in [2.45, 2.75) is 6.04 Å². The molecule has 7 heteroatoms. The summed E-state index contributed by atoms with van der Waals surface area (Å²) in [5, 5.41) is 9.14. The lowest BCUT2D eigenvalue weighted by Gasteiger charge is -2.20. The molecule has 0 fully saturated rings. The molecular formula is C27H20ClN3O3. The van der Waals surface area contributed by atoms with Crippen LogP contribution in [0.15, 0.2) is 97.1 Å². The van der Waals surface area contributed by atoms with Gasteiger partial charge in [0.2, 0.25) is 0 Å². The van der Waals surface area contributed by atoms with Crippen molar-refractivity contribution in [2.75, 3.05) is 10.6 Å². The lowest BCUT2D eigenvalue weighted by atomic mass is 9.99. The van der Waals surface area contributed by atoms with Gasteiger partial charge < -0.3 is 20.7 Å². The van der Waals surface area contributed by atoms with E-state index < -0.39 is 6.03 Å². The van der Waals surface area contributed by atoms with Crippen LogP contribution >= 0.6 is 11.6 Å². The number of anilines is 2. The molecular weight excluding hydrogens is 450 g/mol. The second kappa shape index (κ2) is 9.29. The molecule has 0 saturated carbocycles. The van der Waals surface area contributed by atoms with E-state index in [2.05, 4.69) is 16.0 Å². The summed E-state index contributed by atoms with van der Waals surface area (Å²) in [6.07, 6.45) is 0. The van der Waals surface area contributed by atoms with E-state index in [0.29, 0.717) is 33.5 Å². The highest BCUT2D eigenvalue weighted by Crippen LogP contribution is 2.38. The van der Waals surface area contributed by atoms with E-state index in [1.807, 2.05) is 60.7 Å². The van der Waals surface area contributed by atoms with E-state index >= 15 is 0 Å². The second-order valence-corrected chi connectivity index (χ2v) is 8.20. The molecule has 1 heterocycles. The van der Waals surface area contributed by atoms with Crippen LogP contribution < -0.4 is 20.7 Å². The summed E-state index contributed by atoms with van der Waals surface area (Å²) in [4.78, 5) is 25.7. The number of nitrogens with one attached hydrogen (secondary N) is 3. The van der Waals surface area contributed by atoms with Crippen LogP contribution in [0.1, 0.15) is 27.5 Å². The zero-order chi connectivity index (χ0) is 23.5. The van der Waals surface area contributed by atoms with Gasteiger partial charge in [-0.05, 0) is 47.5 Å². The first-order valence-corrected chi connectivity index (χ1v) is 11.0. The largest absolute Gasteiger partial charge is 0.454 e. The molecule has 6 nitrogen and oxygen atoms in total. The monoisotopic (exact) mass is 469 g/mol. The maximum Gasteiger partial charge on any atom is 0.319 e. The van der Waals surface area contributed by atoms with Gasteiger partial charge in [0, 0.05) is 10.7 Å². The fourth-order valence-corrected chi connectivity index (χ4v) is 3.99. The molecule has 4 aromatic rings. The van der Waals surface area contributed by atoms with Crippen molar-refractivity contribution in [2.24, 2.45) is 0 Å². The number of amides is 3. The summed E-state index contributed by atoms with van der Waals surface area (Å²) in [6, 6.07) is 28.6. The Morgan fingerprint density at radius 2 is 1.47 bits per heavy atom. The summed E-state index contributed by atoms with van der Waals surface area (Å²) < 4.78 is 5.90. The first-order chi connectivity index (χ1) is 16.6. The highest BCUT2D eigenvalue weighted by molar-refractivity contribution is 6.31. The van der Waals surface area contributed by atoms with Gasteiger partial charge in [0.25, 0.3) is 5.91 Å². The number of fused-ring (bicyclic) bond motifs is 2. The number of urea groups is 1. The van der Waals surface area contributed by atoms with Crippen molar-refractivity contribution < 1.29 is 14.3 Å². The van der Waals surface area contributed by atoms with E-state index in [1.54, 1.807) is 36.4 Å². The van der Waals surface area contributed by atoms with Gasteiger partial charge in [0.05, 0.1) is 17.3 Å². The Hall–Kier alpha value is -4.29. The Kier molecular flexibility index (Phi) is 5.89. The van der Waals surface area contributed by atoms with Gasteiger partial charge in [0.15, 0.2) is 5.75 Å². The van der Waals surface area contributed by atoms with Gasteiger partial charge in [-0.15, -0.1) is 0 Å². The van der Waals surface area contributed by atoms with Gasteiger partial charge in [0.1, 0.15) is 5.75 Å². The maximum atomic E-state index is 12.9. The third-order valence-corrected chi connectivity index (χ3v) is 5.67. The maximum absolute atomic E-state index is 12.9. The molecule has 0 saturated heterocycles. The van der Waals surface area contributed by atoms with Crippen LogP contribution in [0.2, 0.25) is 5.02 Å². The molecule has 168 valence electrons. The Balaban J connectivity index is 1.37. The standard InChI is InChI=1S/C27H20ClN3O3/c28-19-11-13-24-22(15-19)30-26(32)21-16-20(12-14-23(21)34-24)29-27(33)31-25(17-7-3-1-4-8-17)18-9-5-2-6-10-18/h1-16,25H,(H,30,32)(H2,29,31,33). The highest BCUT2D eigenvalue weighted by Gasteiger charge is 2.22. The number of hydrogen-bond acceptors (Lipinski definition) is 3. The minimum atomic E-state index is -0.400. The molecule has 34 heavy (non-hydrogen) atoms. The molecule has 0 radical (unpaired) electrons. The van der Waals surface area contributed by atoms with Gasteiger partial charge in [-0.1, -0.05) is 72.3 Å². The summed E-state index contributed by atoms with van der Waals surface area (Å²) >= 11 is 6.04. The number of carbonyl (C=O) groups is 2. The lowest BCUT2D eigenvalue weighted by molar-refractivity contribution is 0.102. The molecule has 3 amide bonds. The van der Waals surface area contributed by atoms with Crippen molar-refractivity contribution in [3.63, 3.8) is 0 Å². The van der Waals surface area contributed by atoms with Gasteiger partial charge in [-0.25, -0.2) is 4.79 Å². The fourth-order valence-electron chi connectivity index (χ4n) is 3.82. The van der Waals surface area contributed by atoms with Crippen molar-refractivity contribution in [3.8, 4) is 11.5 Å². The second-order valence-electron chi connectivity index (χ2n) is 7.76. The van der Waals surface area contributed by atoms with Crippen LogP contribution in [0.25, 0.3) is 0 Å². The van der Waals surface area contributed by atoms with Gasteiger partial charge in [-0.2, -0.15) is 0 Å². The molecule has 0 spiro atoms. The quantitative estimate of drug-likeness (QED) is 0.314. The number of ether oxygens (including phenoxy) is 1. The number of rotatable bonds is 4. The summed E-state index contributed by atoms with van der Waals surface area (Å²) in [7, 11) is 0. The topological polar surface area (TPSA) is 79.5 Å². The predicted octanol–water partition coefficient (Wildman–Crippen LogP) is 6.61. The number of benzene rings is 4. The summed E-state index contributed by atoms with van der Waals surface area (Å²) in [6.45, 7) is 0. The van der Waals surface area contributed by atoms with Crippen molar-refractivity contribution >= 4 is 34.9 Å². The summed E-state index contributed by atoms with van der Waals surface area (Å²) in [5.41, 5.74) is 3.14. The first kappa shape index (κ1) is 21.6. The third-order valence-electron chi connectivity index (χ3n) is 5.43. The molecule has 0 unspecified atom stereocenters. The van der Waals surface area contributed by atoms with Crippen LogP contribution in [0.5, 0.6) is 11.5 Å². The number of hydrogen-bond donors (Lipinski definition) is 3. The smallest absolute Gasteiger partial charge is 0.319 e. The van der Waals surface area contributed by atoms with Crippen molar-refractivity contribution in [3.05, 3.63) is 119 Å². The molecule has 0 atom stereocenters. The Bertz CT molecular complexity index is 1320. The van der Waals surface area contributed by atoms with E-state index in [1.165, 1.54) is 0 Å². The molecule has 3 N–H and O–H groups in total. The van der Waals surface area contributed by atoms with Crippen LogP contribution in [-0.2, 0) is 0 Å². The SMILES string of the molecule is O=C(Nc1ccc2c(c1)C(=O)Nc1cc(Cl)ccc1O2)NC(c1ccccc1)c1ccccc1. The van der Waals surface area contributed by atoms with Crippen LogP contribution in [0, 0.1) is 0 Å². The average molecular weight is 470 g/mol. The first-order valence-electron chi connectivity index (χ1n) is 10.7. The lowest BCUT2D eigenvalue weighted by Crippen LogP contribution is -2.33. The van der Waals surface area contributed by atoms with Crippen molar-refractivity contribution in [1.29, 1.82) is 0 Å². The Morgan fingerprint density at radius 3 is 2.15 bits per heavy atom. The Morgan fingerprint density at radius 1 is 0.824 bits per heavy atom. The van der Waals surface area contributed by atoms with E-state index in [-0.39, 0.29) is 11.9 Å². The molecule has 0 aliphatic carbocycles. The predicted molar refractivity (Wildman–Crippen MR) is 133 cm³/mol. The number of halogens is 1. The zero-order valence-corrected chi connectivity index (χ0v) is 18.7. The number of carbonyl (C=O) groups excluding carboxylic acids is 2. The normalized spacial score (nSPS) is 12.0. The molecule has 0 bridgehead atoms. The average Bonchev–Trinajstić information content (AvgIpc) is 2.99. The van der Waals surface area contributed by atoms with Crippen LogP contribution in [0.3, 0.4) is 0 Å². The van der Waals surface area contributed by atoms with Crippen molar-refractivity contribution in [1.82, 2.24) is 5.32 Å². The minimum Gasteiger partial charge on any atom is -0.454 e. The van der Waals surface area contributed by atoms with E-state index in [0.717, 1.165) is 11.1 Å². The molecule has 5 rings (SSSR count). The van der Waals surface area contributed by atoms with Crippen LogP contribution in [0.4, 0.5) is 16.2 Å². The fraction of sp³-hybridized carbons (Fsp3) is 0.0370. The van der Waals surface area contributed by atoms with Gasteiger partial charge in [-0.3, -0.25) is 4.79 Å². The van der Waals surface area contributed by atoms with E-state index in [4.69, 9.17) is 16.3 Å². The summed E-state index contributed by atoms with van der Waals surface area (Å²) in [5.74, 6) is 0.519. The minimum absolute atomic E-state index is 0.299.